The van der Waals surface area contributed by atoms with Gasteiger partial charge in [-0.25, -0.2) is 14.6 Å². The number of nitro benzene ring substituents is 1. The van der Waals surface area contributed by atoms with Gasteiger partial charge in [-0.2, -0.15) is 4.98 Å². The van der Waals surface area contributed by atoms with Gasteiger partial charge in [-0.05, 0) is 58.9 Å². The average Bonchev–Trinajstić information content (AvgIpc) is 3.66. The van der Waals surface area contributed by atoms with Crippen molar-refractivity contribution < 1.29 is 52.8 Å². The lowest BCUT2D eigenvalue weighted by Crippen LogP contribution is -2.37. The second-order valence-electron chi connectivity index (χ2n) is 15.4. The molecule has 360 valence electrons. The lowest BCUT2D eigenvalue weighted by atomic mass is 9.98. The van der Waals surface area contributed by atoms with Gasteiger partial charge in [-0.1, -0.05) is 72.8 Å². The van der Waals surface area contributed by atoms with E-state index in [0.717, 1.165) is 39.4 Å². The molecule has 1 aliphatic rings. The molecule has 0 aliphatic heterocycles. The van der Waals surface area contributed by atoms with Gasteiger partial charge in [-0.3, -0.25) is 14.9 Å². The molecule has 0 saturated carbocycles. The predicted molar refractivity (Wildman–Crippen MR) is 249 cm³/mol. The second kappa shape index (κ2) is 26.0. The summed E-state index contributed by atoms with van der Waals surface area (Å²) in [6, 6.07) is 26.3. The van der Waals surface area contributed by atoms with Gasteiger partial charge in [0.1, 0.15) is 19.0 Å². The molecular formula is C48H56N8O12. The van der Waals surface area contributed by atoms with Gasteiger partial charge in [0.25, 0.3) is 5.69 Å². The number of nitrogens with one attached hydrogen (secondary N) is 4. The number of anilines is 1. The lowest BCUT2D eigenvalue weighted by molar-refractivity contribution is -0.385. The van der Waals surface area contributed by atoms with Crippen LogP contribution in [0.5, 0.6) is 17.5 Å². The number of hydrogen-bond donors (Lipinski definition) is 6. The van der Waals surface area contributed by atoms with Crippen LogP contribution in [0.4, 0.5) is 21.1 Å². The Bertz CT molecular complexity index is 2410. The van der Waals surface area contributed by atoms with Crippen LogP contribution in [0.15, 0.2) is 97.2 Å². The van der Waals surface area contributed by atoms with Crippen LogP contribution in [0.1, 0.15) is 59.5 Å². The number of phenolic OH excluding ortho intramolecular Hbond substituents is 1. The molecule has 68 heavy (non-hydrogen) atoms. The number of alkyl carbamates (subject to hydrolysis) is 1. The molecule has 0 saturated heterocycles. The summed E-state index contributed by atoms with van der Waals surface area (Å²) >= 11 is 0. The minimum atomic E-state index is -0.886. The highest BCUT2D eigenvalue weighted by molar-refractivity contribution is 5.79. The number of fused-ring (bicyclic) bond motifs is 3. The zero-order valence-electron chi connectivity index (χ0n) is 37.6. The van der Waals surface area contributed by atoms with Crippen LogP contribution in [0.3, 0.4) is 0 Å². The number of nitro groups is 1. The molecule has 7 N–H and O–H groups in total. The van der Waals surface area contributed by atoms with E-state index in [-0.39, 0.29) is 92.4 Å². The number of hydrogen-bond acceptors (Lipinski definition) is 15. The van der Waals surface area contributed by atoms with E-state index in [1.165, 1.54) is 12.3 Å². The maximum absolute atomic E-state index is 12.9. The first-order valence-corrected chi connectivity index (χ1v) is 22.1. The SMILES string of the molecule is CC(NC(=O)OCC1c2ccccc2-c2ccccc21)c1cc(O)c(OCCCC(=O)NCCOCCOCCOCCNC(=O)NCc2ccc(COc3nccc(N)n3)cc2)cc1[N+](=O)[O-]. The summed E-state index contributed by atoms with van der Waals surface area (Å²) in [5, 5.41) is 33.6. The number of aromatic hydroxyl groups is 1. The molecule has 5 aromatic rings. The van der Waals surface area contributed by atoms with E-state index in [0.29, 0.717) is 51.9 Å². The molecule has 0 radical (unpaired) electrons. The highest BCUT2D eigenvalue weighted by Crippen LogP contribution is 2.44. The normalized spacial score (nSPS) is 12.0. The van der Waals surface area contributed by atoms with Crippen molar-refractivity contribution in [3.63, 3.8) is 0 Å². The summed E-state index contributed by atoms with van der Waals surface area (Å²) < 4.78 is 33.2. The summed E-state index contributed by atoms with van der Waals surface area (Å²) in [4.78, 5) is 56.7. The Hall–Kier alpha value is -7.55. The lowest BCUT2D eigenvalue weighted by Gasteiger charge is -2.18. The van der Waals surface area contributed by atoms with Gasteiger partial charge < -0.3 is 60.5 Å². The highest BCUT2D eigenvalue weighted by Gasteiger charge is 2.30. The number of carbonyl (C=O) groups excluding carboxylic acids is 3. The summed E-state index contributed by atoms with van der Waals surface area (Å²) in [6.07, 6.45) is 1.15. The number of nitrogens with two attached hydrogens (primary N) is 1. The van der Waals surface area contributed by atoms with Crippen LogP contribution in [0, 0.1) is 10.1 Å². The molecule has 1 unspecified atom stereocenters. The Morgan fingerprint density at radius 2 is 1.43 bits per heavy atom. The number of phenols is 1. The number of aromatic nitrogens is 2. The number of ether oxygens (including phenoxy) is 6. The van der Waals surface area contributed by atoms with Crippen LogP contribution in [-0.4, -0.2) is 104 Å². The first-order chi connectivity index (χ1) is 33.0. The molecule has 20 heteroatoms. The van der Waals surface area contributed by atoms with Gasteiger partial charge in [0.05, 0.1) is 68.8 Å². The fourth-order valence-corrected chi connectivity index (χ4v) is 7.20. The molecule has 4 aromatic carbocycles. The molecule has 1 aromatic heterocycles. The van der Waals surface area contributed by atoms with Crippen molar-refractivity contribution in [2.45, 2.75) is 44.9 Å². The van der Waals surface area contributed by atoms with E-state index in [1.54, 1.807) is 13.0 Å². The highest BCUT2D eigenvalue weighted by atomic mass is 16.6. The van der Waals surface area contributed by atoms with Crippen molar-refractivity contribution in [2.24, 2.45) is 0 Å². The average molecular weight is 937 g/mol. The minimum Gasteiger partial charge on any atom is -0.504 e. The third-order valence-electron chi connectivity index (χ3n) is 10.6. The second-order valence-corrected chi connectivity index (χ2v) is 15.4. The Kier molecular flexibility index (Phi) is 19.0. The van der Waals surface area contributed by atoms with Crippen LogP contribution in [0.2, 0.25) is 0 Å². The van der Waals surface area contributed by atoms with E-state index >= 15 is 0 Å². The third kappa shape index (κ3) is 15.3. The Morgan fingerprint density at radius 1 is 0.794 bits per heavy atom. The first-order valence-electron chi connectivity index (χ1n) is 22.1. The van der Waals surface area contributed by atoms with Gasteiger partial charge in [0, 0.05) is 38.2 Å². The number of amides is 4. The number of benzene rings is 4. The zero-order valence-corrected chi connectivity index (χ0v) is 37.6. The summed E-state index contributed by atoms with van der Waals surface area (Å²) in [6.45, 7) is 4.79. The molecule has 6 rings (SSSR count). The number of carbonyl (C=O) groups is 3. The fourth-order valence-electron chi connectivity index (χ4n) is 7.20. The quantitative estimate of drug-likeness (QED) is 0.0210. The molecule has 0 bridgehead atoms. The van der Waals surface area contributed by atoms with Crippen molar-refractivity contribution in [1.82, 2.24) is 31.2 Å². The van der Waals surface area contributed by atoms with Crippen molar-refractivity contribution in [2.75, 3.05) is 71.7 Å². The molecular weight excluding hydrogens is 881 g/mol. The zero-order chi connectivity index (χ0) is 48.1. The molecule has 20 nitrogen and oxygen atoms in total. The number of nitrogen functional groups attached to an aromatic ring is 1. The van der Waals surface area contributed by atoms with E-state index in [1.807, 2.05) is 72.8 Å². The summed E-state index contributed by atoms with van der Waals surface area (Å²) in [5.41, 5.74) is 11.4. The fraction of sp³-hybridized carbons (Fsp3) is 0.354. The topological polar surface area (TPSA) is 270 Å². The maximum atomic E-state index is 12.9. The largest absolute Gasteiger partial charge is 0.504 e. The van der Waals surface area contributed by atoms with Crippen LogP contribution >= 0.6 is 0 Å². The molecule has 1 aliphatic carbocycles. The summed E-state index contributed by atoms with van der Waals surface area (Å²) in [5.74, 6) is -0.548. The summed E-state index contributed by atoms with van der Waals surface area (Å²) in [7, 11) is 0. The van der Waals surface area contributed by atoms with Crippen LogP contribution in [-0.2, 0) is 36.9 Å². The Balaban J connectivity index is 0.751. The molecule has 4 amide bonds. The van der Waals surface area contributed by atoms with Crippen molar-refractivity contribution in [3.05, 3.63) is 135 Å². The maximum Gasteiger partial charge on any atom is 0.407 e. The number of rotatable bonds is 27. The minimum absolute atomic E-state index is 0.00649. The van der Waals surface area contributed by atoms with Gasteiger partial charge in [0.15, 0.2) is 11.5 Å². The predicted octanol–water partition coefficient (Wildman–Crippen LogP) is 5.68. The van der Waals surface area contributed by atoms with Crippen molar-refractivity contribution >= 4 is 29.5 Å². The first kappa shape index (κ1) is 49.9. The number of nitrogens with zero attached hydrogens (tertiary/aromatic N) is 3. The van der Waals surface area contributed by atoms with Gasteiger partial charge >= 0.3 is 18.1 Å². The van der Waals surface area contributed by atoms with E-state index < -0.39 is 17.1 Å². The van der Waals surface area contributed by atoms with Crippen LogP contribution < -0.4 is 36.5 Å². The molecule has 0 fully saturated rings. The van der Waals surface area contributed by atoms with Gasteiger partial charge in [-0.15, -0.1) is 0 Å². The van der Waals surface area contributed by atoms with Crippen molar-refractivity contribution in [3.8, 4) is 28.6 Å². The monoisotopic (exact) mass is 936 g/mol. The van der Waals surface area contributed by atoms with E-state index in [4.69, 9.17) is 34.2 Å². The van der Waals surface area contributed by atoms with Gasteiger partial charge in [0.2, 0.25) is 5.91 Å². The van der Waals surface area contributed by atoms with E-state index in [9.17, 15) is 29.6 Å². The Morgan fingerprint density at radius 3 is 2.09 bits per heavy atom. The Labute approximate surface area is 393 Å². The third-order valence-corrected chi connectivity index (χ3v) is 10.6. The van der Waals surface area contributed by atoms with Crippen LogP contribution in [0.25, 0.3) is 11.1 Å². The molecule has 1 atom stereocenters. The smallest absolute Gasteiger partial charge is 0.407 e. The molecule has 0 spiro atoms. The number of urea groups is 1. The van der Waals surface area contributed by atoms with E-state index in [2.05, 4.69) is 31.2 Å². The standard InChI is InChI=1S/C48H56N8O12/c1-32(54-48(60)68-31-40-37-9-4-2-7-35(37)36-8-3-5-10-38(36)40)39-27-42(57)43(28-41(39)56(61)62)66-20-6-11-45(58)50-18-21-63-23-25-65-26-24-64-22-19-51-46(59)53-29-33-12-14-34(15-13-33)30-67-47-52-17-16-44(49)55-47/h2-5,7-10,12-17,27-28,32,40,57H,6,11,18-26,29-31H2,1H3,(H,50,58)(H,54,60)(H2,49,52,55)(H2,51,53,59). The van der Waals surface area contributed by atoms with Crippen molar-refractivity contribution in [1.29, 1.82) is 0 Å². The molecule has 1 heterocycles.